The molecule has 1 saturated heterocycles. The Hall–Kier alpha value is -0.980. The Bertz CT molecular complexity index is 394. The second-order valence-corrected chi connectivity index (χ2v) is 6.51. The first kappa shape index (κ1) is 14.4. The second-order valence-electron chi connectivity index (χ2n) is 6.51. The topological polar surface area (TPSA) is 3.24 Å². The molecule has 0 N–H and O–H groups in total. The maximum atomic E-state index is 2.61. The minimum absolute atomic E-state index is 0.638. The van der Waals surface area contributed by atoms with Gasteiger partial charge in [-0.3, -0.25) is 0 Å². The summed E-state index contributed by atoms with van der Waals surface area (Å²) in [6, 6.07) is 10.5. The van der Waals surface area contributed by atoms with Crippen LogP contribution in [0.4, 0.5) is 5.69 Å². The van der Waals surface area contributed by atoms with Crippen LogP contribution < -0.4 is 4.90 Å². The van der Waals surface area contributed by atoms with E-state index < -0.39 is 0 Å². The first-order chi connectivity index (χ1) is 8.97. The maximum absolute atomic E-state index is 2.61. The van der Waals surface area contributed by atoms with Crippen molar-refractivity contribution in [3.63, 3.8) is 0 Å². The molecule has 1 aliphatic heterocycles. The summed E-state index contributed by atoms with van der Waals surface area (Å²) in [4.78, 5) is 2.61. The Morgan fingerprint density at radius 1 is 0.947 bits per heavy atom. The van der Waals surface area contributed by atoms with Crippen LogP contribution >= 0.6 is 0 Å². The summed E-state index contributed by atoms with van der Waals surface area (Å²) in [6.45, 7) is 14.1. The average Bonchev–Trinajstić information content (AvgIpc) is 2.62. The monoisotopic (exact) mass is 259 g/mol. The number of hydrogen-bond acceptors (Lipinski definition) is 1. The van der Waals surface area contributed by atoms with Gasteiger partial charge < -0.3 is 4.90 Å². The summed E-state index contributed by atoms with van der Waals surface area (Å²) in [5.41, 5.74) is 2.86. The van der Waals surface area contributed by atoms with Crippen molar-refractivity contribution in [2.24, 2.45) is 11.8 Å². The Labute approximate surface area is 119 Å². The average molecular weight is 259 g/mol. The third-order valence-corrected chi connectivity index (χ3v) is 5.60. The van der Waals surface area contributed by atoms with Crippen LogP contribution in [0.25, 0.3) is 0 Å². The zero-order chi connectivity index (χ0) is 14.2. The summed E-state index contributed by atoms with van der Waals surface area (Å²) in [7, 11) is 0. The number of benzene rings is 1. The van der Waals surface area contributed by atoms with Gasteiger partial charge in [-0.15, -0.1) is 0 Å². The van der Waals surface area contributed by atoms with E-state index in [2.05, 4.69) is 70.7 Å². The SMILES string of the molecule is CC[C@@H](C)c1ccc(N2C(C)[C@H](C)C(C)[C@@H]2C)cc1. The van der Waals surface area contributed by atoms with Gasteiger partial charge in [0.2, 0.25) is 0 Å². The predicted octanol–water partition coefficient (Wildman–Crippen LogP) is 5.07. The van der Waals surface area contributed by atoms with Crippen molar-refractivity contribution in [2.45, 2.75) is 66.0 Å². The lowest BCUT2D eigenvalue weighted by Gasteiger charge is -2.30. The molecule has 0 bridgehead atoms. The van der Waals surface area contributed by atoms with Gasteiger partial charge >= 0.3 is 0 Å². The molecule has 19 heavy (non-hydrogen) atoms. The normalized spacial score (nSPS) is 32.6. The van der Waals surface area contributed by atoms with Crippen LogP contribution in [0.1, 0.15) is 59.4 Å². The zero-order valence-electron chi connectivity index (χ0n) is 13.4. The summed E-state index contributed by atoms with van der Waals surface area (Å²) >= 11 is 0. The van der Waals surface area contributed by atoms with Crippen molar-refractivity contribution in [2.75, 3.05) is 4.90 Å². The Balaban J connectivity index is 2.23. The molecule has 1 aliphatic rings. The molecule has 0 saturated carbocycles. The smallest absolute Gasteiger partial charge is 0.0371 e. The molecule has 0 amide bonds. The fraction of sp³-hybridized carbons (Fsp3) is 0.667. The quantitative estimate of drug-likeness (QED) is 0.732. The molecule has 1 nitrogen and oxygen atoms in total. The van der Waals surface area contributed by atoms with Crippen LogP contribution in [0.2, 0.25) is 0 Å². The number of nitrogens with zero attached hydrogens (tertiary/aromatic N) is 1. The van der Waals surface area contributed by atoms with Crippen LogP contribution in [0, 0.1) is 11.8 Å². The molecule has 0 spiro atoms. The molecule has 106 valence electrons. The van der Waals surface area contributed by atoms with Crippen LogP contribution in [-0.4, -0.2) is 12.1 Å². The number of rotatable bonds is 3. The van der Waals surface area contributed by atoms with Gasteiger partial charge in [0.15, 0.2) is 0 Å². The van der Waals surface area contributed by atoms with Gasteiger partial charge in [0.1, 0.15) is 0 Å². The van der Waals surface area contributed by atoms with Crippen molar-refractivity contribution < 1.29 is 0 Å². The van der Waals surface area contributed by atoms with E-state index >= 15 is 0 Å². The van der Waals surface area contributed by atoms with E-state index in [0.717, 1.165) is 11.8 Å². The van der Waals surface area contributed by atoms with Crippen molar-refractivity contribution in [3.8, 4) is 0 Å². The summed E-state index contributed by atoms with van der Waals surface area (Å²) < 4.78 is 0. The molecule has 5 atom stereocenters. The lowest BCUT2D eigenvalue weighted by molar-refractivity contribution is 0.413. The molecular formula is C18H29N. The number of hydrogen-bond donors (Lipinski definition) is 0. The molecule has 1 heteroatoms. The second kappa shape index (κ2) is 5.56. The van der Waals surface area contributed by atoms with Gasteiger partial charge in [0.05, 0.1) is 0 Å². The van der Waals surface area contributed by atoms with Gasteiger partial charge in [0, 0.05) is 17.8 Å². The van der Waals surface area contributed by atoms with Gasteiger partial charge in [-0.1, -0.05) is 39.8 Å². The Kier molecular flexibility index (Phi) is 4.23. The zero-order valence-corrected chi connectivity index (χ0v) is 13.4. The first-order valence-electron chi connectivity index (χ1n) is 7.85. The summed E-state index contributed by atoms with van der Waals surface area (Å²) in [5, 5.41) is 0. The van der Waals surface area contributed by atoms with E-state index in [9.17, 15) is 0 Å². The Morgan fingerprint density at radius 2 is 1.42 bits per heavy atom. The molecule has 1 heterocycles. The van der Waals surface area contributed by atoms with Crippen molar-refractivity contribution in [1.29, 1.82) is 0 Å². The first-order valence-corrected chi connectivity index (χ1v) is 7.85. The van der Waals surface area contributed by atoms with E-state index in [-0.39, 0.29) is 0 Å². The summed E-state index contributed by atoms with van der Waals surface area (Å²) in [6.07, 6.45) is 1.21. The van der Waals surface area contributed by atoms with Crippen LogP contribution in [0.15, 0.2) is 24.3 Å². The van der Waals surface area contributed by atoms with Gasteiger partial charge in [-0.25, -0.2) is 0 Å². The predicted molar refractivity (Wildman–Crippen MR) is 84.9 cm³/mol. The molecule has 2 rings (SSSR count). The molecule has 1 aromatic carbocycles. The van der Waals surface area contributed by atoms with Gasteiger partial charge in [-0.2, -0.15) is 0 Å². The van der Waals surface area contributed by atoms with E-state index in [4.69, 9.17) is 0 Å². The molecule has 0 aliphatic carbocycles. The van der Waals surface area contributed by atoms with Crippen LogP contribution in [0.5, 0.6) is 0 Å². The van der Waals surface area contributed by atoms with E-state index in [1.54, 1.807) is 0 Å². The number of anilines is 1. The third-order valence-electron chi connectivity index (χ3n) is 5.60. The lowest BCUT2D eigenvalue weighted by atomic mass is 9.92. The van der Waals surface area contributed by atoms with Crippen molar-refractivity contribution >= 4 is 5.69 Å². The highest BCUT2D eigenvalue weighted by atomic mass is 15.2. The molecule has 1 aromatic rings. The molecule has 0 aromatic heterocycles. The largest absolute Gasteiger partial charge is 0.366 e. The van der Waals surface area contributed by atoms with Crippen molar-refractivity contribution in [1.82, 2.24) is 0 Å². The third kappa shape index (κ3) is 2.52. The van der Waals surface area contributed by atoms with Gasteiger partial charge in [0.25, 0.3) is 0 Å². The highest BCUT2D eigenvalue weighted by Gasteiger charge is 2.39. The fourth-order valence-corrected chi connectivity index (χ4v) is 3.44. The highest BCUT2D eigenvalue weighted by Crippen LogP contribution is 2.38. The highest BCUT2D eigenvalue weighted by molar-refractivity contribution is 5.51. The fourth-order valence-electron chi connectivity index (χ4n) is 3.44. The Morgan fingerprint density at radius 3 is 1.84 bits per heavy atom. The minimum atomic E-state index is 0.638. The lowest BCUT2D eigenvalue weighted by Crippen LogP contribution is -2.34. The molecule has 1 fully saturated rings. The standard InChI is InChI=1S/C18H29N/c1-7-12(2)17-8-10-18(11-9-17)19-15(5)13(3)14(4)16(19)6/h8-16H,7H2,1-6H3/t12-,13-,14?,15?,16+/m1/s1. The minimum Gasteiger partial charge on any atom is -0.366 e. The van der Waals surface area contributed by atoms with Gasteiger partial charge in [-0.05, 0) is 55.7 Å². The van der Waals surface area contributed by atoms with Crippen LogP contribution in [0.3, 0.4) is 0 Å². The van der Waals surface area contributed by atoms with E-state index in [1.165, 1.54) is 17.7 Å². The van der Waals surface area contributed by atoms with E-state index in [0.29, 0.717) is 18.0 Å². The van der Waals surface area contributed by atoms with E-state index in [1.807, 2.05) is 0 Å². The van der Waals surface area contributed by atoms with Crippen LogP contribution in [-0.2, 0) is 0 Å². The molecule has 0 radical (unpaired) electrons. The summed E-state index contributed by atoms with van der Waals surface area (Å²) in [5.74, 6) is 2.20. The molecular weight excluding hydrogens is 230 g/mol. The maximum Gasteiger partial charge on any atom is 0.0371 e. The van der Waals surface area contributed by atoms with Crippen molar-refractivity contribution in [3.05, 3.63) is 29.8 Å². The molecule has 2 unspecified atom stereocenters.